The van der Waals surface area contributed by atoms with Gasteiger partial charge in [0, 0.05) is 38.0 Å². The number of carbonyl (C=O) groups is 1. The number of hydrogen-bond donors (Lipinski definition) is 2. The number of amides is 1. The molecule has 2 rings (SSSR count). The lowest BCUT2D eigenvalue weighted by molar-refractivity contribution is -0.116. The first-order valence-electron chi connectivity index (χ1n) is 7.52. The van der Waals surface area contributed by atoms with E-state index in [1.165, 1.54) is 0 Å². The van der Waals surface area contributed by atoms with E-state index in [1.807, 2.05) is 36.2 Å². The van der Waals surface area contributed by atoms with Crippen LogP contribution in [0, 0.1) is 0 Å². The highest BCUT2D eigenvalue weighted by molar-refractivity contribution is 5.90. The molecule has 21 heavy (non-hydrogen) atoms. The van der Waals surface area contributed by atoms with Crippen molar-refractivity contribution in [3.63, 3.8) is 0 Å². The largest absolute Gasteiger partial charge is 0.395 e. The average Bonchev–Trinajstić information content (AvgIpc) is 2.99. The van der Waals surface area contributed by atoms with Crippen molar-refractivity contribution in [2.45, 2.75) is 31.8 Å². The molecule has 1 unspecified atom stereocenters. The highest BCUT2D eigenvalue weighted by atomic mass is 16.5. The van der Waals surface area contributed by atoms with Crippen LogP contribution in [-0.2, 0) is 9.53 Å². The Bertz CT molecular complexity index is 441. The Morgan fingerprint density at radius 1 is 1.43 bits per heavy atom. The summed E-state index contributed by atoms with van der Waals surface area (Å²) >= 11 is 0. The Hall–Kier alpha value is -1.59. The standard InChI is InChI=1S/C16H24N2O3/c1-18(10-11-19)14-6-4-13(5-7-14)17-16(20)9-8-15-3-2-12-21-15/h4-7,15,19H,2-3,8-12H2,1H3,(H,17,20). The van der Waals surface area contributed by atoms with Gasteiger partial charge < -0.3 is 20.1 Å². The van der Waals surface area contributed by atoms with E-state index in [0.717, 1.165) is 37.2 Å². The molecule has 1 aromatic carbocycles. The van der Waals surface area contributed by atoms with E-state index in [1.54, 1.807) is 0 Å². The molecule has 1 saturated heterocycles. The fourth-order valence-electron chi connectivity index (χ4n) is 2.47. The van der Waals surface area contributed by atoms with Crippen LogP contribution in [0.15, 0.2) is 24.3 Å². The highest BCUT2D eigenvalue weighted by Gasteiger charge is 2.16. The molecule has 0 aliphatic carbocycles. The molecule has 0 aromatic heterocycles. The number of aliphatic hydroxyl groups excluding tert-OH is 1. The van der Waals surface area contributed by atoms with Crippen LogP contribution in [-0.4, -0.2) is 43.9 Å². The first-order chi connectivity index (χ1) is 10.2. The Balaban J connectivity index is 1.77. The van der Waals surface area contributed by atoms with Gasteiger partial charge in [0.15, 0.2) is 0 Å². The second-order valence-electron chi connectivity index (χ2n) is 5.41. The third-order valence-electron chi connectivity index (χ3n) is 3.74. The molecule has 1 aliphatic rings. The van der Waals surface area contributed by atoms with Gasteiger partial charge in [-0.05, 0) is 43.5 Å². The molecule has 1 amide bonds. The van der Waals surface area contributed by atoms with E-state index >= 15 is 0 Å². The summed E-state index contributed by atoms with van der Waals surface area (Å²) in [6, 6.07) is 7.64. The summed E-state index contributed by atoms with van der Waals surface area (Å²) in [5.74, 6) is 0.0296. The molecule has 2 N–H and O–H groups in total. The smallest absolute Gasteiger partial charge is 0.224 e. The number of nitrogens with one attached hydrogen (secondary N) is 1. The molecule has 5 nitrogen and oxygen atoms in total. The second kappa shape index (κ2) is 8.00. The summed E-state index contributed by atoms with van der Waals surface area (Å²) in [4.78, 5) is 13.8. The molecule has 1 atom stereocenters. The van der Waals surface area contributed by atoms with Gasteiger partial charge in [-0.1, -0.05) is 0 Å². The van der Waals surface area contributed by atoms with E-state index in [4.69, 9.17) is 9.84 Å². The predicted molar refractivity (Wildman–Crippen MR) is 83.6 cm³/mol. The van der Waals surface area contributed by atoms with Gasteiger partial charge in [0.05, 0.1) is 12.7 Å². The van der Waals surface area contributed by atoms with Crippen LogP contribution >= 0.6 is 0 Å². The number of hydrogen-bond acceptors (Lipinski definition) is 4. The SMILES string of the molecule is CN(CCO)c1ccc(NC(=O)CCC2CCCO2)cc1. The number of likely N-dealkylation sites (N-methyl/N-ethyl adjacent to an activating group) is 1. The van der Waals surface area contributed by atoms with Crippen LogP contribution < -0.4 is 10.2 Å². The lowest BCUT2D eigenvalue weighted by atomic mass is 10.1. The molecule has 1 heterocycles. The van der Waals surface area contributed by atoms with Crippen molar-refractivity contribution in [1.82, 2.24) is 0 Å². The number of carbonyl (C=O) groups excluding carboxylic acids is 1. The number of rotatable bonds is 7. The van der Waals surface area contributed by atoms with Crippen LogP contribution in [0.4, 0.5) is 11.4 Å². The zero-order valence-electron chi connectivity index (χ0n) is 12.5. The van der Waals surface area contributed by atoms with Crippen LogP contribution in [0.1, 0.15) is 25.7 Å². The monoisotopic (exact) mass is 292 g/mol. The van der Waals surface area contributed by atoms with Gasteiger partial charge in [0.1, 0.15) is 0 Å². The third kappa shape index (κ3) is 5.02. The fraction of sp³-hybridized carbons (Fsp3) is 0.562. The maximum atomic E-state index is 11.9. The van der Waals surface area contributed by atoms with Crippen molar-refractivity contribution >= 4 is 17.3 Å². The molecule has 1 aliphatic heterocycles. The van der Waals surface area contributed by atoms with Crippen LogP contribution in [0.2, 0.25) is 0 Å². The van der Waals surface area contributed by atoms with Gasteiger partial charge in [-0.15, -0.1) is 0 Å². The molecule has 0 saturated carbocycles. The lowest BCUT2D eigenvalue weighted by Gasteiger charge is -2.18. The summed E-state index contributed by atoms with van der Waals surface area (Å²) in [7, 11) is 1.92. The number of aliphatic hydroxyl groups is 1. The molecule has 1 fully saturated rings. The van der Waals surface area contributed by atoms with Gasteiger partial charge in [0.2, 0.25) is 5.91 Å². The summed E-state index contributed by atoms with van der Waals surface area (Å²) < 4.78 is 5.51. The maximum Gasteiger partial charge on any atom is 0.224 e. The molecule has 0 spiro atoms. The Kier molecular flexibility index (Phi) is 6.02. The molecule has 0 radical (unpaired) electrons. The van der Waals surface area contributed by atoms with E-state index in [2.05, 4.69) is 5.32 Å². The first kappa shape index (κ1) is 15.8. The molecule has 0 bridgehead atoms. The van der Waals surface area contributed by atoms with Gasteiger partial charge in [-0.25, -0.2) is 0 Å². The third-order valence-corrected chi connectivity index (χ3v) is 3.74. The van der Waals surface area contributed by atoms with Crippen LogP contribution in [0.3, 0.4) is 0 Å². The molecule has 5 heteroatoms. The van der Waals surface area contributed by atoms with Crippen molar-refractivity contribution in [3.8, 4) is 0 Å². The molecular formula is C16H24N2O3. The van der Waals surface area contributed by atoms with Gasteiger partial charge >= 0.3 is 0 Å². The quantitative estimate of drug-likeness (QED) is 0.807. The number of nitrogens with zero attached hydrogens (tertiary/aromatic N) is 1. The number of benzene rings is 1. The summed E-state index contributed by atoms with van der Waals surface area (Å²) in [6.07, 6.45) is 3.72. The Morgan fingerprint density at radius 2 is 2.19 bits per heavy atom. The average molecular weight is 292 g/mol. The Labute approximate surface area is 125 Å². The first-order valence-corrected chi connectivity index (χ1v) is 7.52. The summed E-state index contributed by atoms with van der Waals surface area (Å²) in [6.45, 7) is 1.54. The molecule has 1 aromatic rings. The van der Waals surface area contributed by atoms with Gasteiger partial charge in [-0.2, -0.15) is 0 Å². The number of ether oxygens (including phenoxy) is 1. The van der Waals surface area contributed by atoms with E-state index in [-0.39, 0.29) is 18.6 Å². The minimum absolute atomic E-state index is 0.0296. The minimum Gasteiger partial charge on any atom is -0.395 e. The fourth-order valence-corrected chi connectivity index (χ4v) is 2.47. The zero-order chi connectivity index (χ0) is 15.1. The Morgan fingerprint density at radius 3 is 2.81 bits per heavy atom. The van der Waals surface area contributed by atoms with Crippen LogP contribution in [0.25, 0.3) is 0 Å². The summed E-state index contributed by atoms with van der Waals surface area (Å²) in [5, 5.41) is 11.8. The molecule has 116 valence electrons. The van der Waals surface area contributed by atoms with Crippen molar-refractivity contribution < 1.29 is 14.6 Å². The topological polar surface area (TPSA) is 61.8 Å². The maximum absolute atomic E-state index is 11.9. The van der Waals surface area contributed by atoms with Crippen molar-refractivity contribution in [2.24, 2.45) is 0 Å². The van der Waals surface area contributed by atoms with Gasteiger partial charge in [-0.3, -0.25) is 4.79 Å². The van der Waals surface area contributed by atoms with E-state index in [0.29, 0.717) is 13.0 Å². The van der Waals surface area contributed by atoms with Gasteiger partial charge in [0.25, 0.3) is 0 Å². The predicted octanol–water partition coefficient (Wildman–Crippen LogP) is 2.01. The van der Waals surface area contributed by atoms with Crippen molar-refractivity contribution in [2.75, 3.05) is 37.0 Å². The zero-order valence-corrected chi connectivity index (χ0v) is 12.5. The molecular weight excluding hydrogens is 268 g/mol. The summed E-state index contributed by atoms with van der Waals surface area (Å²) in [5.41, 5.74) is 1.81. The number of anilines is 2. The normalized spacial score (nSPS) is 17.7. The minimum atomic E-state index is 0.0296. The second-order valence-corrected chi connectivity index (χ2v) is 5.41. The van der Waals surface area contributed by atoms with Crippen LogP contribution in [0.5, 0.6) is 0 Å². The van der Waals surface area contributed by atoms with E-state index in [9.17, 15) is 4.79 Å². The van der Waals surface area contributed by atoms with Crippen molar-refractivity contribution in [3.05, 3.63) is 24.3 Å². The van der Waals surface area contributed by atoms with E-state index < -0.39 is 0 Å². The van der Waals surface area contributed by atoms with Crippen molar-refractivity contribution in [1.29, 1.82) is 0 Å². The highest BCUT2D eigenvalue weighted by Crippen LogP contribution is 2.19. The lowest BCUT2D eigenvalue weighted by Crippen LogP contribution is -2.21.